The number of benzene rings is 1. The first-order chi connectivity index (χ1) is 9.15. The lowest BCUT2D eigenvalue weighted by Gasteiger charge is -2.32. The zero-order valence-electron chi connectivity index (χ0n) is 10.6. The van der Waals surface area contributed by atoms with Crippen LogP contribution in [-0.4, -0.2) is 54.1 Å². The van der Waals surface area contributed by atoms with Crippen LogP contribution in [0, 0.1) is 5.21 Å². The molecular formula is C12H14N4O3. The summed E-state index contributed by atoms with van der Waals surface area (Å²) < 4.78 is 4.49. The topological polar surface area (TPSA) is 76.5 Å². The van der Waals surface area contributed by atoms with Crippen molar-refractivity contribution < 1.29 is 14.3 Å². The summed E-state index contributed by atoms with van der Waals surface area (Å²) in [5.74, 6) is -0.0320. The molecule has 1 fully saturated rings. The van der Waals surface area contributed by atoms with Crippen molar-refractivity contribution in [2.45, 2.75) is 0 Å². The smallest absolute Gasteiger partial charge is 0.254 e. The average Bonchev–Trinajstić information content (AvgIpc) is 2.80. The van der Waals surface area contributed by atoms with Crippen molar-refractivity contribution in [1.29, 1.82) is 0 Å². The highest BCUT2D eigenvalue weighted by atomic mass is 16.8. The molecule has 0 saturated carbocycles. The second-order valence-corrected chi connectivity index (χ2v) is 4.73. The van der Waals surface area contributed by atoms with Gasteiger partial charge in [0, 0.05) is 43.0 Å². The van der Waals surface area contributed by atoms with Crippen LogP contribution in [0.2, 0.25) is 0 Å². The third kappa shape index (κ3) is 2.12. The van der Waals surface area contributed by atoms with Gasteiger partial charge in [-0.05, 0) is 24.1 Å². The van der Waals surface area contributed by atoms with Gasteiger partial charge < -0.3 is 15.0 Å². The number of aromatic nitrogens is 2. The van der Waals surface area contributed by atoms with Gasteiger partial charge in [-0.25, -0.2) is 0 Å². The second kappa shape index (κ2) is 4.51. The third-order valence-electron chi connectivity index (χ3n) is 3.42. The number of carbonyl (C=O) groups excluding carboxylic acids is 1. The van der Waals surface area contributed by atoms with E-state index in [-0.39, 0.29) is 5.91 Å². The number of hydrogen-bond donors (Lipinski definition) is 0. The maximum absolute atomic E-state index is 12.3. The molecule has 0 atom stereocenters. The summed E-state index contributed by atoms with van der Waals surface area (Å²) >= 11 is 0. The Bertz CT molecular complexity index is 616. The summed E-state index contributed by atoms with van der Waals surface area (Å²) in [5, 5.41) is 14.8. The van der Waals surface area contributed by atoms with Gasteiger partial charge in [-0.2, -0.15) is 0 Å². The highest BCUT2D eigenvalue weighted by Gasteiger charge is 2.22. The summed E-state index contributed by atoms with van der Waals surface area (Å²) in [6.07, 6.45) is 0. The Hall–Kier alpha value is -2.15. The van der Waals surface area contributed by atoms with Crippen LogP contribution in [0.4, 0.5) is 0 Å². The molecule has 7 nitrogen and oxygen atoms in total. The van der Waals surface area contributed by atoms with Crippen LogP contribution < -0.4 is 4.90 Å². The first kappa shape index (κ1) is 11.9. The fraction of sp³-hybridized carbons (Fsp3) is 0.417. The molecule has 2 aromatic rings. The Morgan fingerprint density at radius 3 is 2.84 bits per heavy atom. The van der Waals surface area contributed by atoms with E-state index >= 15 is 0 Å². The Morgan fingerprint density at radius 1 is 1.37 bits per heavy atom. The minimum atomic E-state index is -0.0320. The van der Waals surface area contributed by atoms with Crippen LogP contribution in [0.25, 0.3) is 11.0 Å². The van der Waals surface area contributed by atoms with Crippen LogP contribution >= 0.6 is 0 Å². The number of hydrogen-bond acceptors (Lipinski definition) is 5. The van der Waals surface area contributed by atoms with E-state index in [0.29, 0.717) is 34.6 Å². The van der Waals surface area contributed by atoms with Gasteiger partial charge in [-0.3, -0.25) is 9.42 Å². The SMILES string of the molecule is CN1CCN(C(=O)c2ccc3c(c2)no[n+]3[O-])CC1. The van der Waals surface area contributed by atoms with Crippen molar-refractivity contribution >= 4 is 16.9 Å². The van der Waals surface area contributed by atoms with Crippen LogP contribution in [0.1, 0.15) is 10.4 Å². The van der Waals surface area contributed by atoms with Crippen molar-refractivity contribution in [2.75, 3.05) is 33.2 Å². The summed E-state index contributed by atoms with van der Waals surface area (Å²) in [6, 6.07) is 4.78. The predicted molar refractivity (Wildman–Crippen MR) is 66.4 cm³/mol. The van der Waals surface area contributed by atoms with Gasteiger partial charge in [0.05, 0.1) is 0 Å². The molecule has 3 rings (SSSR count). The third-order valence-corrected chi connectivity index (χ3v) is 3.42. The van der Waals surface area contributed by atoms with Gasteiger partial charge in [-0.15, -0.1) is 0 Å². The minimum absolute atomic E-state index is 0.0320. The highest BCUT2D eigenvalue weighted by Crippen LogP contribution is 2.13. The molecule has 0 aliphatic carbocycles. The Kier molecular flexibility index (Phi) is 2.83. The number of piperazine rings is 1. The zero-order valence-corrected chi connectivity index (χ0v) is 10.6. The van der Waals surface area contributed by atoms with Crippen molar-refractivity contribution in [1.82, 2.24) is 15.0 Å². The lowest BCUT2D eigenvalue weighted by molar-refractivity contribution is -0.782. The first-order valence-electron chi connectivity index (χ1n) is 6.12. The molecular weight excluding hydrogens is 248 g/mol. The van der Waals surface area contributed by atoms with Gasteiger partial charge in [0.15, 0.2) is 0 Å². The van der Waals surface area contributed by atoms with E-state index in [1.807, 2.05) is 11.9 Å². The van der Waals surface area contributed by atoms with Crippen LogP contribution in [0.5, 0.6) is 0 Å². The van der Waals surface area contributed by atoms with E-state index in [1.165, 1.54) is 0 Å². The number of carbonyl (C=O) groups is 1. The average molecular weight is 262 g/mol. The van der Waals surface area contributed by atoms with E-state index < -0.39 is 0 Å². The molecule has 1 saturated heterocycles. The molecule has 2 heterocycles. The summed E-state index contributed by atoms with van der Waals surface area (Å²) in [4.78, 5) is 16.7. The number of nitrogens with zero attached hydrogens (tertiary/aromatic N) is 4. The van der Waals surface area contributed by atoms with Crippen molar-refractivity contribution in [2.24, 2.45) is 0 Å². The van der Waals surface area contributed by atoms with Crippen LogP contribution in [0.3, 0.4) is 0 Å². The molecule has 0 N–H and O–H groups in total. The lowest BCUT2D eigenvalue weighted by atomic mass is 10.1. The van der Waals surface area contributed by atoms with Crippen LogP contribution in [0.15, 0.2) is 22.8 Å². The largest absolute Gasteiger partial charge is 0.359 e. The van der Waals surface area contributed by atoms with E-state index in [2.05, 4.69) is 14.7 Å². The molecule has 1 aromatic heterocycles. The highest BCUT2D eigenvalue weighted by molar-refractivity contribution is 5.96. The van der Waals surface area contributed by atoms with Crippen molar-refractivity contribution in [3.05, 3.63) is 29.0 Å². The van der Waals surface area contributed by atoms with E-state index in [9.17, 15) is 10.0 Å². The fourth-order valence-corrected chi connectivity index (χ4v) is 2.20. The minimum Gasteiger partial charge on any atom is -0.359 e. The summed E-state index contributed by atoms with van der Waals surface area (Å²) in [7, 11) is 2.04. The fourth-order valence-electron chi connectivity index (χ4n) is 2.20. The molecule has 1 aliphatic rings. The maximum atomic E-state index is 12.3. The quantitative estimate of drug-likeness (QED) is 0.668. The number of amides is 1. The van der Waals surface area contributed by atoms with Gasteiger partial charge in [0.2, 0.25) is 11.0 Å². The van der Waals surface area contributed by atoms with Gasteiger partial charge in [0.25, 0.3) is 5.91 Å². The number of fused-ring (bicyclic) bond motifs is 1. The van der Waals surface area contributed by atoms with Gasteiger partial charge in [0.1, 0.15) is 0 Å². The molecule has 19 heavy (non-hydrogen) atoms. The zero-order chi connectivity index (χ0) is 13.4. The monoisotopic (exact) mass is 262 g/mol. The Morgan fingerprint density at radius 2 is 2.11 bits per heavy atom. The summed E-state index contributed by atoms with van der Waals surface area (Å²) in [6.45, 7) is 3.18. The molecule has 0 spiro atoms. The van der Waals surface area contributed by atoms with Crippen molar-refractivity contribution in [3.8, 4) is 0 Å². The van der Waals surface area contributed by atoms with E-state index in [4.69, 9.17) is 0 Å². The molecule has 0 unspecified atom stereocenters. The second-order valence-electron chi connectivity index (χ2n) is 4.73. The summed E-state index contributed by atoms with van der Waals surface area (Å²) in [5.41, 5.74) is 1.26. The molecule has 1 amide bonds. The molecule has 1 aliphatic heterocycles. The lowest BCUT2D eigenvalue weighted by Crippen LogP contribution is -2.47. The standard InChI is InChI=1S/C12H14N4O3/c1-14-4-6-15(7-5-14)12(17)9-2-3-11-10(8-9)13-19-16(11)18/h2-3,8H,4-7H2,1H3. The van der Waals surface area contributed by atoms with E-state index in [1.54, 1.807) is 18.2 Å². The Balaban J connectivity index is 1.85. The number of rotatable bonds is 1. The molecule has 1 aromatic carbocycles. The molecule has 100 valence electrons. The van der Waals surface area contributed by atoms with Crippen LogP contribution in [-0.2, 0) is 0 Å². The van der Waals surface area contributed by atoms with Crippen molar-refractivity contribution in [3.63, 3.8) is 0 Å². The number of likely N-dealkylation sites (N-methyl/N-ethyl adjacent to an activating group) is 1. The van der Waals surface area contributed by atoms with Gasteiger partial charge >= 0.3 is 0 Å². The molecule has 0 bridgehead atoms. The van der Waals surface area contributed by atoms with E-state index in [0.717, 1.165) is 13.1 Å². The molecule has 7 heteroatoms. The predicted octanol–water partition coefficient (Wildman–Crippen LogP) is -0.151. The normalized spacial score (nSPS) is 17.0. The van der Waals surface area contributed by atoms with Gasteiger partial charge in [-0.1, -0.05) is 0 Å². The first-order valence-corrected chi connectivity index (χ1v) is 6.12. The Labute approximate surface area is 109 Å². The maximum Gasteiger partial charge on any atom is 0.254 e. The molecule has 0 radical (unpaired) electrons.